The van der Waals surface area contributed by atoms with Crippen molar-refractivity contribution in [2.45, 2.75) is 39.3 Å². The van der Waals surface area contributed by atoms with Crippen LogP contribution < -0.4 is 0 Å². The van der Waals surface area contributed by atoms with Crippen molar-refractivity contribution in [3.8, 4) is 0 Å². The first kappa shape index (κ1) is 9.65. The number of aryl methyl sites for hydroxylation is 1. The number of rotatable bonds is 2. The van der Waals surface area contributed by atoms with E-state index < -0.39 is 5.60 Å². The zero-order chi connectivity index (χ0) is 10.3. The Morgan fingerprint density at radius 3 is 2.86 bits per heavy atom. The minimum absolute atomic E-state index is 0.275. The highest BCUT2D eigenvalue weighted by Gasteiger charge is 2.51. The summed E-state index contributed by atoms with van der Waals surface area (Å²) in [5.74, 6) is 1.57. The summed E-state index contributed by atoms with van der Waals surface area (Å²) in [4.78, 5) is 4.17. The first-order valence-electron chi connectivity index (χ1n) is 5.20. The fourth-order valence-corrected chi connectivity index (χ4v) is 2.29. The molecule has 14 heavy (non-hydrogen) atoms. The Bertz CT molecular complexity index is 336. The lowest BCUT2D eigenvalue weighted by atomic mass is 9.62. The van der Waals surface area contributed by atoms with E-state index >= 15 is 0 Å². The molecule has 0 aliphatic heterocycles. The highest BCUT2D eigenvalue weighted by atomic mass is 16.3. The highest BCUT2D eigenvalue weighted by molar-refractivity contribution is 5.11. The van der Waals surface area contributed by atoms with Crippen molar-refractivity contribution in [1.82, 2.24) is 14.8 Å². The fourth-order valence-electron chi connectivity index (χ4n) is 2.29. The molecule has 78 valence electrons. The van der Waals surface area contributed by atoms with Crippen LogP contribution in [0.3, 0.4) is 0 Å². The maximum atomic E-state index is 10.4. The molecule has 0 saturated heterocycles. The van der Waals surface area contributed by atoms with Gasteiger partial charge in [-0.05, 0) is 25.2 Å². The molecule has 1 aromatic rings. The standard InChI is InChI=1S/C10H17N3O/c1-4-13-9(11-6-12-13)10(14)5-7(2)8(10)3/h6-8,14H,4-5H2,1-3H3. The molecule has 1 heterocycles. The average Bonchev–Trinajstić information content (AvgIpc) is 2.65. The number of hydrogen-bond acceptors (Lipinski definition) is 3. The van der Waals surface area contributed by atoms with E-state index in [1.165, 1.54) is 6.33 Å². The van der Waals surface area contributed by atoms with Crippen molar-refractivity contribution < 1.29 is 5.11 Å². The Morgan fingerprint density at radius 2 is 2.36 bits per heavy atom. The lowest BCUT2D eigenvalue weighted by Gasteiger charge is -2.47. The number of aliphatic hydroxyl groups is 1. The third-order valence-electron chi connectivity index (χ3n) is 3.54. The van der Waals surface area contributed by atoms with E-state index in [1.807, 2.05) is 6.92 Å². The van der Waals surface area contributed by atoms with E-state index in [1.54, 1.807) is 4.68 Å². The molecular formula is C10H17N3O. The zero-order valence-corrected chi connectivity index (χ0v) is 8.94. The summed E-state index contributed by atoms with van der Waals surface area (Å²) in [7, 11) is 0. The third kappa shape index (κ3) is 1.10. The van der Waals surface area contributed by atoms with Crippen LogP contribution >= 0.6 is 0 Å². The largest absolute Gasteiger partial charge is 0.382 e. The molecule has 1 N–H and O–H groups in total. The summed E-state index contributed by atoms with van der Waals surface area (Å²) >= 11 is 0. The normalized spacial score (nSPS) is 36.9. The van der Waals surface area contributed by atoms with E-state index in [2.05, 4.69) is 23.9 Å². The Labute approximate surface area is 84.0 Å². The third-order valence-corrected chi connectivity index (χ3v) is 3.54. The van der Waals surface area contributed by atoms with Gasteiger partial charge in [-0.25, -0.2) is 9.67 Å². The average molecular weight is 195 g/mol. The summed E-state index contributed by atoms with van der Waals surface area (Å²) in [5.41, 5.74) is -0.744. The van der Waals surface area contributed by atoms with Crippen molar-refractivity contribution in [3.05, 3.63) is 12.2 Å². The van der Waals surface area contributed by atoms with E-state index in [4.69, 9.17) is 0 Å². The van der Waals surface area contributed by atoms with E-state index in [0.717, 1.165) is 18.8 Å². The molecule has 1 aliphatic carbocycles. The SMILES string of the molecule is CCn1ncnc1C1(O)CC(C)C1C. The van der Waals surface area contributed by atoms with Crippen molar-refractivity contribution in [1.29, 1.82) is 0 Å². The van der Waals surface area contributed by atoms with Crippen LogP contribution in [0.5, 0.6) is 0 Å². The van der Waals surface area contributed by atoms with Crippen molar-refractivity contribution in [2.24, 2.45) is 11.8 Å². The van der Waals surface area contributed by atoms with E-state index in [9.17, 15) is 5.11 Å². The molecule has 3 atom stereocenters. The van der Waals surface area contributed by atoms with Crippen LogP contribution in [0, 0.1) is 11.8 Å². The number of hydrogen-bond donors (Lipinski definition) is 1. The Balaban J connectivity index is 2.31. The van der Waals surface area contributed by atoms with Crippen LogP contribution in [-0.2, 0) is 12.1 Å². The van der Waals surface area contributed by atoms with Gasteiger partial charge >= 0.3 is 0 Å². The van der Waals surface area contributed by atoms with Gasteiger partial charge in [0.2, 0.25) is 0 Å². The Hall–Kier alpha value is -0.900. The lowest BCUT2D eigenvalue weighted by Crippen LogP contribution is -2.50. The van der Waals surface area contributed by atoms with Gasteiger partial charge in [-0.1, -0.05) is 13.8 Å². The molecule has 1 saturated carbocycles. The Morgan fingerprint density at radius 1 is 1.64 bits per heavy atom. The summed E-state index contributed by atoms with van der Waals surface area (Å²) in [6, 6.07) is 0. The van der Waals surface area contributed by atoms with E-state index in [0.29, 0.717) is 5.92 Å². The van der Waals surface area contributed by atoms with Crippen molar-refractivity contribution >= 4 is 0 Å². The van der Waals surface area contributed by atoms with Crippen LogP contribution in [-0.4, -0.2) is 19.9 Å². The van der Waals surface area contributed by atoms with Gasteiger partial charge in [0.25, 0.3) is 0 Å². The molecule has 1 aromatic heterocycles. The van der Waals surface area contributed by atoms with Crippen molar-refractivity contribution in [2.75, 3.05) is 0 Å². The van der Waals surface area contributed by atoms with Crippen LogP contribution in [0.15, 0.2) is 6.33 Å². The quantitative estimate of drug-likeness (QED) is 0.770. The molecule has 0 amide bonds. The van der Waals surface area contributed by atoms with Crippen LogP contribution in [0.4, 0.5) is 0 Å². The highest BCUT2D eigenvalue weighted by Crippen LogP contribution is 2.49. The molecule has 2 rings (SSSR count). The van der Waals surface area contributed by atoms with Gasteiger partial charge in [-0.3, -0.25) is 0 Å². The van der Waals surface area contributed by atoms with E-state index in [-0.39, 0.29) is 5.92 Å². The molecule has 3 unspecified atom stereocenters. The molecule has 1 aliphatic rings. The lowest BCUT2D eigenvalue weighted by molar-refractivity contribution is -0.140. The predicted molar refractivity (Wildman–Crippen MR) is 52.5 cm³/mol. The van der Waals surface area contributed by atoms with Gasteiger partial charge in [-0.2, -0.15) is 5.10 Å². The molecule has 4 heteroatoms. The van der Waals surface area contributed by atoms with Crippen molar-refractivity contribution in [3.63, 3.8) is 0 Å². The summed E-state index contributed by atoms with van der Waals surface area (Å²) in [6.07, 6.45) is 2.32. The molecule has 0 bridgehead atoms. The number of nitrogens with zero attached hydrogens (tertiary/aromatic N) is 3. The van der Waals surface area contributed by atoms with Gasteiger partial charge < -0.3 is 5.11 Å². The molecule has 1 fully saturated rings. The molecule has 4 nitrogen and oxygen atoms in total. The second kappa shape index (κ2) is 3.05. The minimum atomic E-state index is -0.744. The maximum absolute atomic E-state index is 10.4. The summed E-state index contributed by atoms with van der Waals surface area (Å²) in [5, 5.41) is 14.5. The van der Waals surface area contributed by atoms with Gasteiger partial charge in [-0.15, -0.1) is 0 Å². The molecule has 0 spiro atoms. The minimum Gasteiger partial charge on any atom is -0.382 e. The van der Waals surface area contributed by atoms with Crippen LogP contribution in [0.1, 0.15) is 33.0 Å². The monoisotopic (exact) mass is 195 g/mol. The summed E-state index contributed by atoms with van der Waals surface area (Å²) in [6.45, 7) is 7.00. The zero-order valence-electron chi connectivity index (χ0n) is 8.94. The molecule has 0 radical (unpaired) electrons. The second-order valence-electron chi connectivity index (χ2n) is 4.29. The smallest absolute Gasteiger partial charge is 0.159 e. The van der Waals surface area contributed by atoms with Gasteiger partial charge in [0.05, 0.1) is 0 Å². The topological polar surface area (TPSA) is 50.9 Å². The van der Waals surface area contributed by atoms with Crippen LogP contribution in [0.25, 0.3) is 0 Å². The Kier molecular flexibility index (Phi) is 2.10. The fraction of sp³-hybridized carbons (Fsp3) is 0.800. The predicted octanol–water partition coefficient (Wildman–Crippen LogP) is 1.16. The number of aromatic nitrogens is 3. The molecule has 0 aromatic carbocycles. The second-order valence-corrected chi connectivity index (χ2v) is 4.29. The van der Waals surface area contributed by atoms with Gasteiger partial charge in [0, 0.05) is 6.54 Å². The first-order chi connectivity index (χ1) is 6.59. The maximum Gasteiger partial charge on any atom is 0.159 e. The first-order valence-corrected chi connectivity index (χ1v) is 5.20. The molecular weight excluding hydrogens is 178 g/mol. The van der Waals surface area contributed by atoms with Gasteiger partial charge in [0.1, 0.15) is 11.9 Å². The van der Waals surface area contributed by atoms with Gasteiger partial charge in [0.15, 0.2) is 5.82 Å². The van der Waals surface area contributed by atoms with Crippen LogP contribution in [0.2, 0.25) is 0 Å². The summed E-state index contributed by atoms with van der Waals surface area (Å²) < 4.78 is 1.78.